The van der Waals surface area contributed by atoms with Crippen molar-refractivity contribution in [1.29, 1.82) is 0 Å². The molecule has 1 unspecified atom stereocenters. The number of anilines is 1. The highest BCUT2D eigenvalue weighted by atomic mass is 32.1. The van der Waals surface area contributed by atoms with Gasteiger partial charge in [-0.3, -0.25) is 9.48 Å². The Morgan fingerprint density at radius 3 is 3.00 bits per heavy atom. The predicted octanol–water partition coefficient (Wildman–Crippen LogP) is 1.40. The molecule has 0 bridgehead atoms. The van der Waals surface area contributed by atoms with Crippen LogP contribution in [0.3, 0.4) is 0 Å². The molecule has 3 aromatic rings. The van der Waals surface area contributed by atoms with Gasteiger partial charge in [0.05, 0.1) is 11.9 Å². The monoisotopic (exact) mass is 412 g/mol. The van der Waals surface area contributed by atoms with Crippen molar-refractivity contribution < 1.29 is 4.79 Å². The smallest absolute Gasteiger partial charge is 0.271 e. The van der Waals surface area contributed by atoms with Gasteiger partial charge in [-0.2, -0.15) is 5.10 Å². The van der Waals surface area contributed by atoms with Crippen molar-refractivity contribution in [3.63, 3.8) is 0 Å². The van der Waals surface area contributed by atoms with Crippen LogP contribution in [0.4, 0.5) is 5.95 Å². The molecule has 3 aromatic heterocycles. The number of rotatable bonds is 6. The summed E-state index contributed by atoms with van der Waals surface area (Å²) in [5, 5.41) is 10.1. The maximum absolute atomic E-state index is 12.5. The Morgan fingerprint density at radius 2 is 2.24 bits per heavy atom. The van der Waals surface area contributed by atoms with Gasteiger partial charge < -0.3 is 15.1 Å². The topological polar surface area (TPSA) is 92.1 Å². The predicted molar refractivity (Wildman–Crippen MR) is 112 cm³/mol. The highest BCUT2D eigenvalue weighted by Crippen LogP contribution is 2.21. The maximum Gasteiger partial charge on any atom is 0.271 e. The van der Waals surface area contributed by atoms with Crippen LogP contribution in [0.1, 0.15) is 21.9 Å². The van der Waals surface area contributed by atoms with Crippen molar-refractivity contribution in [2.24, 2.45) is 7.05 Å². The fourth-order valence-corrected chi connectivity index (χ4v) is 4.18. The number of carbonyl (C=O) groups excluding carboxylic acids is 1. The first kappa shape index (κ1) is 19.5. The van der Waals surface area contributed by atoms with Gasteiger partial charge in [0.1, 0.15) is 10.7 Å². The Labute approximate surface area is 173 Å². The molecule has 1 fully saturated rings. The average molecular weight is 413 g/mol. The molecule has 9 nitrogen and oxygen atoms in total. The first-order chi connectivity index (χ1) is 14.0. The zero-order chi connectivity index (χ0) is 20.4. The Hall–Kier alpha value is -2.85. The van der Waals surface area contributed by atoms with Crippen molar-refractivity contribution in [3.8, 4) is 11.3 Å². The normalized spacial score (nSPS) is 16.6. The Morgan fingerprint density at radius 1 is 1.38 bits per heavy atom. The molecular weight excluding hydrogens is 388 g/mol. The third-order valence-corrected chi connectivity index (χ3v) is 5.52. The van der Waals surface area contributed by atoms with E-state index in [-0.39, 0.29) is 11.9 Å². The summed E-state index contributed by atoms with van der Waals surface area (Å²) in [5.41, 5.74) is 2.28. The molecule has 1 atom stereocenters. The lowest BCUT2D eigenvalue weighted by Crippen LogP contribution is -2.37. The molecule has 1 saturated heterocycles. The lowest BCUT2D eigenvalue weighted by molar-refractivity contribution is 0.0935. The van der Waals surface area contributed by atoms with Crippen molar-refractivity contribution >= 4 is 23.2 Å². The molecule has 1 N–H and O–H groups in total. The van der Waals surface area contributed by atoms with Crippen molar-refractivity contribution in [3.05, 3.63) is 40.7 Å². The molecule has 10 heteroatoms. The van der Waals surface area contributed by atoms with E-state index in [4.69, 9.17) is 0 Å². The molecule has 4 rings (SSSR count). The fourth-order valence-electron chi connectivity index (χ4n) is 3.29. The molecule has 1 aliphatic rings. The molecule has 0 aromatic carbocycles. The fraction of sp³-hybridized carbons (Fsp3) is 0.421. The molecule has 0 aliphatic carbocycles. The second-order valence-electron chi connectivity index (χ2n) is 7.41. The number of aryl methyl sites for hydroxylation is 1. The number of carbonyl (C=O) groups is 1. The van der Waals surface area contributed by atoms with Crippen LogP contribution in [0.2, 0.25) is 0 Å². The number of nitrogens with one attached hydrogen (secondary N) is 1. The third kappa shape index (κ3) is 4.60. The standard InChI is InChI=1S/C19H24N8OS/c1-25(2)11-17-23-16(12-29-17)18(28)22-14-5-7-27(10-14)19-20-6-4-15(24-19)13-8-21-26(3)9-13/h4,6,8-9,12,14H,5,7,10-11H2,1-3H3,(H,22,28). The van der Waals surface area contributed by atoms with Crippen molar-refractivity contribution in [2.45, 2.75) is 19.0 Å². The largest absolute Gasteiger partial charge is 0.346 e. The molecular formula is C19H24N8OS. The minimum Gasteiger partial charge on any atom is -0.346 e. The Bertz CT molecular complexity index is 998. The Balaban J connectivity index is 1.38. The SMILES string of the molecule is CN(C)Cc1nc(C(=O)NC2CCN(c3nccc(-c4cnn(C)c4)n3)C2)cs1. The first-order valence-electron chi connectivity index (χ1n) is 9.45. The third-order valence-electron chi connectivity index (χ3n) is 4.69. The number of aromatic nitrogens is 5. The van der Waals surface area contributed by atoms with Gasteiger partial charge in [0.2, 0.25) is 5.95 Å². The molecule has 0 spiro atoms. The minimum absolute atomic E-state index is 0.0483. The quantitative estimate of drug-likeness (QED) is 0.654. The summed E-state index contributed by atoms with van der Waals surface area (Å²) >= 11 is 1.51. The van der Waals surface area contributed by atoms with E-state index in [0.717, 1.165) is 35.8 Å². The maximum atomic E-state index is 12.5. The zero-order valence-electron chi connectivity index (χ0n) is 16.7. The summed E-state index contributed by atoms with van der Waals surface area (Å²) in [6.45, 7) is 2.21. The van der Waals surface area contributed by atoms with E-state index < -0.39 is 0 Å². The molecule has 29 heavy (non-hydrogen) atoms. The summed E-state index contributed by atoms with van der Waals surface area (Å²) in [6.07, 6.45) is 6.33. The summed E-state index contributed by atoms with van der Waals surface area (Å²) in [6, 6.07) is 1.93. The summed E-state index contributed by atoms with van der Waals surface area (Å²) in [7, 11) is 5.85. The van der Waals surface area contributed by atoms with Crippen LogP contribution in [0.15, 0.2) is 30.0 Å². The summed E-state index contributed by atoms with van der Waals surface area (Å²) in [4.78, 5) is 30.2. The van der Waals surface area contributed by atoms with E-state index in [1.165, 1.54) is 11.3 Å². The van der Waals surface area contributed by atoms with Crippen LogP contribution in [0.25, 0.3) is 11.3 Å². The van der Waals surface area contributed by atoms with Crippen LogP contribution in [-0.4, -0.2) is 68.8 Å². The lowest BCUT2D eigenvalue weighted by atomic mass is 10.2. The van der Waals surface area contributed by atoms with Crippen molar-refractivity contribution in [1.82, 2.24) is 34.9 Å². The molecule has 1 amide bonds. The van der Waals surface area contributed by atoms with Gasteiger partial charge in [-0.1, -0.05) is 0 Å². The molecule has 1 aliphatic heterocycles. The number of hydrogen-bond donors (Lipinski definition) is 1. The molecule has 152 valence electrons. The Kier molecular flexibility index (Phi) is 5.54. The summed E-state index contributed by atoms with van der Waals surface area (Å²) < 4.78 is 1.75. The van der Waals surface area contributed by atoms with Crippen LogP contribution in [-0.2, 0) is 13.6 Å². The van der Waals surface area contributed by atoms with E-state index in [0.29, 0.717) is 18.2 Å². The molecule has 0 saturated carbocycles. The highest BCUT2D eigenvalue weighted by molar-refractivity contribution is 7.09. The van der Waals surface area contributed by atoms with Crippen LogP contribution in [0.5, 0.6) is 0 Å². The number of hydrogen-bond acceptors (Lipinski definition) is 8. The van der Waals surface area contributed by atoms with Gasteiger partial charge in [0.15, 0.2) is 0 Å². The molecule has 0 radical (unpaired) electrons. The van der Waals surface area contributed by atoms with E-state index in [9.17, 15) is 4.79 Å². The molecule has 4 heterocycles. The van der Waals surface area contributed by atoms with Gasteiger partial charge in [0, 0.05) is 56.1 Å². The van der Waals surface area contributed by atoms with Gasteiger partial charge in [0.25, 0.3) is 5.91 Å². The van der Waals surface area contributed by atoms with Crippen LogP contribution >= 0.6 is 11.3 Å². The number of thiazole rings is 1. The van der Waals surface area contributed by atoms with Gasteiger partial charge in [-0.05, 0) is 26.6 Å². The first-order valence-corrected chi connectivity index (χ1v) is 10.3. The van der Waals surface area contributed by atoms with Crippen molar-refractivity contribution in [2.75, 3.05) is 32.1 Å². The van der Waals surface area contributed by atoms with E-state index >= 15 is 0 Å². The number of nitrogens with zero attached hydrogens (tertiary/aromatic N) is 7. The highest BCUT2D eigenvalue weighted by Gasteiger charge is 2.27. The second-order valence-corrected chi connectivity index (χ2v) is 8.36. The van der Waals surface area contributed by atoms with Crippen LogP contribution in [0, 0.1) is 0 Å². The second kappa shape index (κ2) is 8.26. The number of amides is 1. The van der Waals surface area contributed by atoms with E-state index in [2.05, 4.69) is 30.3 Å². The van der Waals surface area contributed by atoms with Crippen LogP contribution < -0.4 is 10.2 Å². The van der Waals surface area contributed by atoms with E-state index in [1.807, 2.05) is 43.7 Å². The minimum atomic E-state index is -0.122. The lowest BCUT2D eigenvalue weighted by Gasteiger charge is -2.17. The van der Waals surface area contributed by atoms with Gasteiger partial charge in [-0.15, -0.1) is 11.3 Å². The van der Waals surface area contributed by atoms with E-state index in [1.54, 1.807) is 17.1 Å². The van der Waals surface area contributed by atoms with Gasteiger partial charge in [-0.25, -0.2) is 15.0 Å². The average Bonchev–Trinajstić information content (AvgIpc) is 3.43. The zero-order valence-corrected chi connectivity index (χ0v) is 17.6. The van der Waals surface area contributed by atoms with Gasteiger partial charge >= 0.3 is 0 Å². The summed E-state index contributed by atoms with van der Waals surface area (Å²) in [5.74, 6) is 0.549.